The molecule has 2 amide bonds. The smallest absolute Gasteiger partial charge is 0.269 e. The summed E-state index contributed by atoms with van der Waals surface area (Å²) < 4.78 is 0. The number of carbonyl (C=O) groups excluding carboxylic acids is 2. The number of anilines is 2. The summed E-state index contributed by atoms with van der Waals surface area (Å²) >= 11 is 12.0. The summed E-state index contributed by atoms with van der Waals surface area (Å²) in [6.45, 7) is 2.52. The largest absolute Gasteiger partial charge is 0.369 e. The van der Waals surface area contributed by atoms with Gasteiger partial charge in [0, 0.05) is 44.0 Å². The Morgan fingerprint density at radius 2 is 1.53 bits per heavy atom. The van der Waals surface area contributed by atoms with E-state index in [1.807, 2.05) is 4.90 Å². The maximum atomic E-state index is 13.0. The standard InChI is InChI=1S/C20H18Cl2N4O4/c21-16-6-5-15(11-17(16)22)25-19(27)12-18(20(25)28)24-9-7-23(8-10-24)13-1-3-14(4-2-13)26(29)30/h1-6,11,18H,7-10,12H2. The highest BCUT2D eigenvalue weighted by Gasteiger charge is 2.43. The average molecular weight is 449 g/mol. The Kier molecular flexibility index (Phi) is 5.64. The van der Waals surface area contributed by atoms with Crippen molar-refractivity contribution in [3.05, 3.63) is 62.6 Å². The van der Waals surface area contributed by atoms with Gasteiger partial charge in [0.05, 0.1) is 33.1 Å². The molecule has 0 saturated carbocycles. The molecule has 30 heavy (non-hydrogen) atoms. The minimum absolute atomic E-state index is 0.0508. The number of nitro groups is 1. The lowest BCUT2D eigenvalue weighted by Crippen LogP contribution is -2.52. The monoisotopic (exact) mass is 448 g/mol. The van der Waals surface area contributed by atoms with Crippen LogP contribution in [0.4, 0.5) is 17.1 Å². The van der Waals surface area contributed by atoms with Crippen LogP contribution in [-0.2, 0) is 9.59 Å². The van der Waals surface area contributed by atoms with E-state index in [2.05, 4.69) is 4.90 Å². The van der Waals surface area contributed by atoms with Crippen LogP contribution in [0.25, 0.3) is 0 Å². The SMILES string of the molecule is O=C1CC(N2CCN(c3ccc([N+](=O)[O-])cc3)CC2)C(=O)N1c1ccc(Cl)c(Cl)c1. The summed E-state index contributed by atoms with van der Waals surface area (Å²) in [5.74, 6) is -0.525. The Balaban J connectivity index is 1.42. The van der Waals surface area contributed by atoms with Gasteiger partial charge in [-0.1, -0.05) is 23.2 Å². The normalized spacial score (nSPS) is 20.1. The first-order valence-corrected chi connectivity index (χ1v) is 10.2. The minimum atomic E-state index is -0.508. The van der Waals surface area contributed by atoms with Crippen molar-refractivity contribution in [2.24, 2.45) is 0 Å². The fourth-order valence-electron chi connectivity index (χ4n) is 3.87. The highest BCUT2D eigenvalue weighted by molar-refractivity contribution is 6.42. The molecule has 0 aliphatic carbocycles. The quantitative estimate of drug-likeness (QED) is 0.404. The second-order valence-electron chi connectivity index (χ2n) is 7.18. The summed E-state index contributed by atoms with van der Waals surface area (Å²) in [7, 11) is 0. The average Bonchev–Trinajstić information content (AvgIpc) is 3.04. The van der Waals surface area contributed by atoms with Gasteiger partial charge in [-0.05, 0) is 30.3 Å². The number of halogens is 2. The molecule has 2 fully saturated rings. The topological polar surface area (TPSA) is 87.0 Å². The Bertz CT molecular complexity index is 1010. The molecule has 2 aromatic rings. The van der Waals surface area contributed by atoms with E-state index in [0.717, 1.165) is 5.69 Å². The molecule has 0 spiro atoms. The van der Waals surface area contributed by atoms with E-state index >= 15 is 0 Å². The summed E-state index contributed by atoms with van der Waals surface area (Å²) in [5.41, 5.74) is 1.37. The third-order valence-electron chi connectivity index (χ3n) is 5.46. The van der Waals surface area contributed by atoms with Crippen LogP contribution in [0.15, 0.2) is 42.5 Å². The van der Waals surface area contributed by atoms with Crippen LogP contribution < -0.4 is 9.80 Å². The van der Waals surface area contributed by atoms with Gasteiger partial charge in [-0.2, -0.15) is 0 Å². The first kappa shape index (κ1) is 20.6. The molecule has 2 aliphatic rings. The Hall–Kier alpha value is -2.68. The van der Waals surface area contributed by atoms with Crippen LogP contribution in [0.5, 0.6) is 0 Å². The lowest BCUT2D eigenvalue weighted by Gasteiger charge is -2.38. The molecule has 0 aromatic heterocycles. The number of carbonyl (C=O) groups is 2. The van der Waals surface area contributed by atoms with Crippen molar-refractivity contribution >= 4 is 52.1 Å². The molecule has 10 heteroatoms. The van der Waals surface area contributed by atoms with E-state index in [1.54, 1.807) is 24.3 Å². The van der Waals surface area contributed by atoms with Gasteiger partial charge >= 0.3 is 0 Å². The van der Waals surface area contributed by atoms with Crippen LogP contribution in [-0.4, -0.2) is 53.9 Å². The summed E-state index contributed by atoms with van der Waals surface area (Å²) in [4.78, 5) is 41.2. The first-order valence-electron chi connectivity index (χ1n) is 9.40. The maximum Gasteiger partial charge on any atom is 0.269 e. The number of benzene rings is 2. The van der Waals surface area contributed by atoms with E-state index < -0.39 is 11.0 Å². The van der Waals surface area contributed by atoms with Gasteiger partial charge in [-0.15, -0.1) is 0 Å². The number of rotatable bonds is 4. The molecule has 1 atom stereocenters. The number of hydrogen-bond acceptors (Lipinski definition) is 6. The second kappa shape index (κ2) is 8.22. The highest BCUT2D eigenvalue weighted by atomic mass is 35.5. The zero-order chi connectivity index (χ0) is 21.4. The molecule has 2 aromatic carbocycles. The zero-order valence-corrected chi connectivity index (χ0v) is 17.3. The van der Waals surface area contributed by atoms with E-state index in [9.17, 15) is 19.7 Å². The van der Waals surface area contributed by atoms with Crippen LogP contribution in [0.3, 0.4) is 0 Å². The van der Waals surface area contributed by atoms with Gasteiger partial charge in [-0.3, -0.25) is 24.6 Å². The molecule has 2 aliphatic heterocycles. The molecular formula is C20H18Cl2N4O4. The number of non-ortho nitro benzene ring substituents is 1. The predicted molar refractivity (Wildman–Crippen MR) is 114 cm³/mol. The lowest BCUT2D eigenvalue weighted by atomic mass is 10.1. The fourth-order valence-corrected chi connectivity index (χ4v) is 4.17. The van der Waals surface area contributed by atoms with E-state index in [0.29, 0.717) is 36.9 Å². The molecule has 1 unspecified atom stereocenters. The highest BCUT2D eigenvalue weighted by Crippen LogP contribution is 2.32. The summed E-state index contributed by atoms with van der Waals surface area (Å²) in [5, 5.41) is 11.5. The minimum Gasteiger partial charge on any atom is -0.369 e. The number of imide groups is 1. The van der Waals surface area contributed by atoms with Gasteiger partial charge in [0.25, 0.3) is 11.6 Å². The van der Waals surface area contributed by atoms with Crippen LogP contribution >= 0.6 is 23.2 Å². The molecule has 156 valence electrons. The Morgan fingerprint density at radius 3 is 2.13 bits per heavy atom. The van der Waals surface area contributed by atoms with E-state index in [1.165, 1.54) is 23.1 Å². The molecule has 2 saturated heterocycles. The van der Waals surface area contributed by atoms with Crippen LogP contribution in [0.2, 0.25) is 10.0 Å². The Morgan fingerprint density at radius 1 is 0.900 bits per heavy atom. The van der Waals surface area contributed by atoms with Gasteiger partial charge < -0.3 is 4.90 Å². The molecule has 0 N–H and O–H groups in total. The van der Waals surface area contributed by atoms with Crippen molar-refractivity contribution in [1.82, 2.24) is 4.90 Å². The van der Waals surface area contributed by atoms with Crippen molar-refractivity contribution < 1.29 is 14.5 Å². The third kappa shape index (κ3) is 3.86. The molecule has 2 heterocycles. The predicted octanol–water partition coefficient (Wildman–Crippen LogP) is 3.36. The lowest BCUT2D eigenvalue weighted by molar-refractivity contribution is -0.384. The van der Waals surface area contributed by atoms with Crippen LogP contribution in [0, 0.1) is 10.1 Å². The maximum absolute atomic E-state index is 13.0. The van der Waals surface area contributed by atoms with Crippen LogP contribution in [0.1, 0.15) is 6.42 Å². The molecule has 8 nitrogen and oxygen atoms in total. The molecule has 4 rings (SSSR count). The first-order chi connectivity index (χ1) is 14.3. The summed E-state index contributed by atoms with van der Waals surface area (Å²) in [6.07, 6.45) is 0.122. The van der Waals surface area contributed by atoms with Gasteiger partial charge in [0.15, 0.2) is 0 Å². The third-order valence-corrected chi connectivity index (χ3v) is 6.20. The summed E-state index contributed by atoms with van der Waals surface area (Å²) in [6, 6.07) is 10.6. The van der Waals surface area contributed by atoms with Gasteiger partial charge in [-0.25, -0.2) is 4.90 Å². The van der Waals surface area contributed by atoms with Crippen molar-refractivity contribution in [2.75, 3.05) is 36.0 Å². The number of hydrogen-bond donors (Lipinski definition) is 0. The fraction of sp³-hybridized carbons (Fsp3) is 0.300. The van der Waals surface area contributed by atoms with Gasteiger partial charge in [0.2, 0.25) is 5.91 Å². The molecule has 0 bridgehead atoms. The molecular weight excluding hydrogens is 431 g/mol. The van der Waals surface area contributed by atoms with Crippen molar-refractivity contribution in [3.63, 3.8) is 0 Å². The van der Waals surface area contributed by atoms with Crippen molar-refractivity contribution in [3.8, 4) is 0 Å². The number of nitrogens with zero attached hydrogens (tertiary/aromatic N) is 4. The van der Waals surface area contributed by atoms with Crippen molar-refractivity contribution in [2.45, 2.75) is 12.5 Å². The number of nitro benzene ring substituents is 1. The van der Waals surface area contributed by atoms with Gasteiger partial charge in [0.1, 0.15) is 0 Å². The Labute approximate surface area is 182 Å². The second-order valence-corrected chi connectivity index (χ2v) is 8.00. The van der Waals surface area contributed by atoms with Crippen molar-refractivity contribution in [1.29, 1.82) is 0 Å². The number of amides is 2. The van der Waals surface area contributed by atoms with E-state index in [4.69, 9.17) is 23.2 Å². The van der Waals surface area contributed by atoms with E-state index in [-0.39, 0.29) is 28.9 Å². The number of piperazine rings is 1. The zero-order valence-electron chi connectivity index (χ0n) is 15.8. The molecule has 0 radical (unpaired) electrons.